The van der Waals surface area contributed by atoms with Gasteiger partial charge < -0.3 is 19.5 Å². The summed E-state index contributed by atoms with van der Waals surface area (Å²) in [7, 11) is 0. The van der Waals surface area contributed by atoms with Crippen molar-refractivity contribution in [3.63, 3.8) is 0 Å². The molecule has 8 heteroatoms. The van der Waals surface area contributed by atoms with Crippen LogP contribution in [-0.4, -0.2) is 45.1 Å². The number of nitrogens with one attached hydrogen (secondary N) is 1. The molecule has 0 radical (unpaired) electrons. The second-order valence-electron chi connectivity index (χ2n) is 7.70. The zero-order valence-electron chi connectivity index (χ0n) is 17.4. The van der Waals surface area contributed by atoms with Gasteiger partial charge in [-0.3, -0.25) is 9.78 Å². The summed E-state index contributed by atoms with van der Waals surface area (Å²) in [4.78, 5) is 30.8. The normalized spacial score (nSPS) is 11.2. The quantitative estimate of drug-likeness (QED) is 0.593. The van der Waals surface area contributed by atoms with Gasteiger partial charge in [0.05, 0.1) is 6.54 Å². The molecule has 158 valence electrons. The van der Waals surface area contributed by atoms with Crippen LogP contribution >= 0.6 is 15.9 Å². The molecule has 29 heavy (non-hydrogen) atoms. The lowest BCUT2D eigenvalue weighted by Crippen LogP contribution is -2.38. The van der Waals surface area contributed by atoms with Crippen molar-refractivity contribution in [3.05, 3.63) is 52.5 Å². The number of pyridine rings is 1. The summed E-state index contributed by atoms with van der Waals surface area (Å²) in [5.41, 5.74) is 0.962. The molecular formula is C21H29BrN4O3. The Balaban J connectivity index is 1.92. The summed E-state index contributed by atoms with van der Waals surface area (Å²) in [6.45, 7) is 9.55. The van der Waals surface area contributed by atoms with Crippen molar-refractivity contribution in [3.8, 4) is 0 Å². The Morgan fingerprint density at radius 1 is 1.34 bits per heavy atom. The molecule has 0 unspecified atom stereocenters. The summed E-state index contributed by atoms with van der Waals surface area (Å²) in [6, 6.07) is 5.56. The first-order chi connectivity index (χ1) is 13.7. The molecule has 2 heterocycles. The zero-order chi connectivity index (χ0) is 21.4. The average molecular weight is 465 g/mol. The second kappa shape index (κ2) is 10.4. The molecule has 0 aliphatic carbocycles. The van der Waals surface area contributed by atoms with E-state index in [9.17, 15) is 9.59 Å². The van der Waals surface area contributed by atoms with Gasteiger partial charge >= 0.3 is 6.09 Å². The molecule has 0 fully saturated rings. The van der Waals surface area contributed by atoms with Crippen LogP contribution in [0.1, 0.15) is 50.2 Å². The fourth-order valence-corrected chi connectivity index (χ4v) is 3.23. The second-order valence-corrected chi connectivity index (χ2v) is 8.62. The number of hydrogen-bond acceptors (Lipinski definition) is 4. The smallest absolute Gasteiger partial charge is 0.410 e. The molecular weight excluding hydrogens is 436 g/mol. The van der Waals surface area contributed by atoms with Gasteiger partial charge in [-0.15, -0.1) is 0 Å². The Kier molecular flexibility index (Phi) is 8.25. The first-order valence-electron chi connectivity index (χ1n) is 9.70. The van der Waals surface area contributed by atoms with Crippen LogP contribution in [0.5, 0.6) is 0 Å². The van der Waals surface area contributed by atoms with Gasteiger partial charge in [0.1, 0.15) is 11.3 Å². The Morgan fingerprint density at radius 3 is 2.72 bits per heavy atom. The lowest BCUT2D eigenvalue weighted by atomic mass is 10.2. The zero-order valence-corrected chi connectivity index (χ0v) is 19.0. The lowest BCUT2D eigenvalue weighted by Gasteiger charge is -2.27. The predicted molar refractivity (Wildman–Crippen MR) is 116 cm³/mol. The van der Waals surface area contributed by atoms with Gasteiger partial charge in [0.25, 0.3) is 5.91 Å². The van der Waals surface area contributed by atoms with Crippen LogP contribution in [0.25, 0.3) is 0 Å². The molecule has 0 saturated heterocycles. The molecule has 0 aliphatic heterocycles. The number of amides is 2. The highest BCUT2D eigenvalue weighted by molar-refractivity contribution is 9.10. The van der Waals surface area contributed by atoms with Crippen molar-refractivity contribution >= 4 is 27.9 Å². The van der Waals surface area contributed by atoms with Crippen LogP contribution in [0.3, 0.4) is 0 Å². The van der Waals surface area contributed by atoms with E-state index in [-0.39, 0.29) is 12.0 Å². The van der Waals surface area contributed by atoms with Crippen LogP contribution in [0.15, 0.2) is 41.3 Å². The standard InChI is InChI=1S/C21H29BrN4O3/c1-5-25-15-17(22)12-18(25)19(27)24-10-7-11-26(20(28)29-21(2,3)4)14-16-8-6-9-23-13-16/h6,8-9,12-13,15H,5,7,10-11,14H2,1-4H3,(H,24,27). The van der Waals surface area contributed by atoms with Crippen molar-refractivity contribution < 1.29 is 14.3 Å². The van der Waals surface area contributed by atoms with Crippen LogP contribution in [0.2, 0.25) is 0 Å². The molecule has 0 atom stereocenters. The molecule has 2 rings (SSSR count). The topological polar surface area (TPSA) is 76.5 Å². The average Bonchev–Trinajstić information content (AvgIpc) is 3.04. The molecule has 1 N–H and O–H groups in total. The Hall–Kier alpha value is -2.35. The Labute approximate surface area is 180 Å². The van der Waals surface area contributed by atoms with E-state index in [0.29, 0.717) is 38.3 Å². The lowest BCUT2D eigenvalue weighted by molar-refractivity contribution is 0.0232. The van der Waals surface area contributed by atoms with Gasteiger partial charge in [0, 0.05) is 42.7 Å². The van der Waals surface area contributed by atoms with Crippen LogP contribution in [0.4, 0.5) is 4.79 Å². The monoisotopic (exact) mass is 464 g/mol. The first-order valence-corrected chi connectivity index (χ1v) is 10.5. The van der Waals surface area contributed by atoms with Crippen LogP contribution in [-0.2, 0) is 17.8 Å². The molecule has 0 aliphatic rings. The Bertz CT molecular complexity index is 815. The minimum atomic E-state index is -0.572. The van der Waals surface area contributed by atoms with E-state index in [1.165, 1.54) is 0 Å². The maximum absolute atomic E-state index is 12.6. The maximum atomic E-state index is 12.6. The van der Waals surface area contributed by atoms with E-state index in [0.717, 1.165) is 10.0 Å². The largest absolute Gasteiger partial charge is 0.444 e. The fourth-order valence-electron chi connectivity index (χ4n) is 2.76. The minimum absolute atomic E-state index is 0.131. The third-order valence-electron chi connectivity index (χ3n) is 4.07. The molecule has 2 amide bonds. The number of hydrogen-bond donors (Lipinski definition) is 1. The third kappa shape index (κ3) is 7.53. The minimum Gasteiger partial charge on any atom is -0.444 e. The van der Waals surface area contributed by atoms with Gasteiger partial charge in [0.15, 0.2) is 0 Å². The molecule has 0 aromatic carbocycles. The van der Waals surface area contributed by atoms with E-state index in [2.05, 4.69) is 26.2 Å². The highest BCUT2D eigenvalue weighted by Gasteiger charge is 2.22. The highest BCUT2D eigenvalue weighted by Crippen LogP contribution is 2.15. The molecule has 0 bridgehead atoms. The summed E-state index contributed by atoms with van der Waals surface area (Å²) in [6.07, 6.45) is 5.54. The van der Waals surface area contributed by atoms with Crippen LogP contribution < -0.4 is 5.32 Å². The van der Waals surface area contributed by atoms with Gasteiger partial charge in [0.2, 0.25) is 0 Å². The van der Waals surface area contributed by atoms with Crippen molar-refractivity contribution in [1.29, 1.82) is 0 Å². The van der Waals surface area contributed by atoms with Crippen molar-refractivity contribution in [1.82, 2.24) is 19.8 Å². The summed E-state index contributed by atoms with van der Waals surface area (Å²) < 4.78 is 8.28. The predicted octanol–water partition coefficient (Wildman–Crippen LogP) is 4.22. The van der Waals surface area contributed by atoms with Crippen molar-refractivity contribution in [2.24, 2.45) is 0 Å². The number of aromatic nitrogens is 2. The van der Waals surface area contributed by atoms with Crippen molar-refractivity contribution in [2.45, 2.75) is 52.8 Å². The number of halogens is 1. The van der Waals surface area contributed by atoms with Crippen molar-refractivity contribution in [2.75, 3.05) is 13.1 Å². The number of ether oxygens (including phenoxy) is 1. The molecule has 0 saturated carbocycles. The fraction of sp³-hybridized carbons (Fsp3) is 0.476. The molecule has 7 nitrogen and oxygen atoms in total. The maximum Gasteiger partial charge on any atom is 0.410 e. The highest BCUT2D eigenvalue weighted by atomic mass is 79.9. The van der Waals surface area contributed by atoms with E-state index in [4.69, 9.17) is 4.74 Å². The molecule has 0 spiro atoms. The number of carbonyl (C=O) groups excluding carboxylic acids is 2. The van der Waals surface area contributed by atoms with E-state index < -0.39 is 5.60 Å². The van der Waals surface area contributed by atoms with Gasteiger partial charge in [-0.25, -0.2) is 4.79 Å². The van der Waals surface area contributed by atoms with E-state index in [1.54, 1.807) is 23.4 Å². The number of aryl methyl sites for hydroxylation is 1. The van der Waals surface area contributed by atoms with Gasteiger partial charge in [-0.1, -0.05) is 6.07 Å². The van der Waals surface area contributed by atoms with E-state index in [1.807, 2.05) is 50.6 Å². The molecule has 2 aromatic rings. The number of rotatable bonds is 8. The number of nitrogens with zero attached hydrogens (tertiary/aromatic N) is 3. The summed E-state index contributed by atoms with van der Waals surface area (Å²) in [5.74, 6) is -0.131. The Morgan fingerprint density at radius 2 is 2.10 bits per heavy atom. The third-order valence-corrected chi connectivity index (χ3v) is 4.51. The first kappa shape index (κ1) is 22.9. The van der Waals surface area contributed by atoms with E-state index >= 15 is 0 Å². The SMILES string of the molecule is CCn1cc(Br)cc1C(=O)NCCCN(Cc1cccnc1)C(=O)OC(C)(C)C. The molecule has 2 aromatic heterocycles. The van der Waals surface area contributed by atoms with Gasteiger partial charge in [-0.2, -0.15) is 0 Å². The summed E-state index contributed by atoms with van der Waals surface area (Å²) >= 11 is 3.40. The number of carbonyl (C=O) groups is 2. The van der Waals surface area contributed by atoms with Crippen LogP contribution in [0, 0.1) is 0 Å². The summed E-state index contributed by atoms with van der Waals surface area (Å²) in [5, 5.41) is 2.92. The van der Waals surface area contributed by atoms with Gasteiger partial charge in [-0.05, 0) is 67.7 Å².